The van der Waals surface area contributed by atoms with Crippen LogP contribution < -0.4 is 5.73 Å². The fourth-order valence-corrected chi connectivity index (χ4v) is 3.77. The van der Waals surface area contributed by atoms with Crippen LogP contribution in [0.1, 0.15) is 5.56 Å². The zero-order valence-electron chi connectivity index (χ0n) is 11.7. The lowest BCUT2D eigenvalue weighted by atomic mass is 10.2. The van der Waals surface area contributed by atoms with Crippen molar-refractivity contribution < 1.29 is 0 Å². The Morgan fingerprint density at radius 2 is 2.00 bits per heavy atom. The lowest BCUT2D eigenvalue weighted by molar-refractivity contribution is 0.962. The molecule has 0 radical (unpaired) electrons. The van der Waals surface area contributed by atoms with Crippen LogP contribution in [0.25, 0.3) is 31.8 Å². The molecule has 0 aliphatic rings. The predicted molar refractivity (Wildman–Crippen MR) is 89.4 cm³/mol. The second kappa shape index (κ2) is 4.69. The number of aromatic nitrogens is 2. The summed E-state index contributed by atoms with van der Waals surface area (Å²) in [4.78, 5) is 6.00. The Balaban J connectivity index is 1.94. The molecule has 3 nitrogen and oxygen atoms in total. The molecule has 0 amide bonds. The van der Waals surface area contributed by atoms with E-state index >= 15 is 0 Å². The van der Waals surface area contributed by atoms with Crippen LogP contribution in [0.2, 0.25) is 0 Å². The molecule has 104 valence electrons. The monoisotopic (exact) mass is 293 g/mol. The van der Waals surface area contributed by atoms with Gasteiger partial charge in [0.2, 0.25) is 0 Å². The van der Waals surface area contributed by atoms with Gasteiger partial charge in [0.1, 0.15) is 0 Å². The van der Waals surface area contributed by atoms with Crippen molar-refractivity contribution in [2.45, 2.75) is 6.54 Å². The van der Waals surface area contributed by atoms with Gasteiger partial charge in [0, 0.05) is 18.3 Å². The third-order valence-corrected chi connectivity index (χ3v) is 4.94. The summed E-state index contributed by atoms with van der Waals surface area (Å²) in [6, 6.07) is 16.9. The molecule has 2 heterocycles. The van der Waals surface area contributed by atoms with Gasteiger partial charge in [0.25, 0.3) is 0 Å². The van der Waals surface area contributed by atoms with Crippen LogP contribution in [0.4, 0.5) is 0 Å². The first-order valence-corrected chi connectivity index (χ1v) is 7.72. The second-order valence-electron chi connectivity index (χ2n) is 5.17. The highest BCUT2D eigenvalue weighted by Crippen LogP contribution is 2.34. The van der Waals surface area contributed by atoms with Crippen LogP contribution in [0.15, 0.2) is 48.5 Å². The van der Waals surface area contributed by atoms with Gasteiger partial charge in [0.05, 0.1) is 15.9 Å². The third kappa shape index (κ3) is 1.95. The van der Waals surface area contributed by atoms with E-state index < -0.39 is 0 Å². The number of aryl methyl sites for hydroxylation is 1. The molecule has 2 N–H and O–H groups in total. The summed E-state index contributed by atoms with van der Waals surface area (Å²) in [6.07, 6.45) is 0. The first-order valence-electron chi connectivity index (χ1n) is 6.90. The number of fused-ring (bicyclic) bond motifs is 2. The molecule has 0 bridgehead atoms. The van der Waals surface area contributed by atoms with E-state index in [0.717, 1.165) is 22.4 Å². The quantitative estimate of drug-likeness (QED) is 0.609. The van der Waals surface area contributed by atoms with Gasteiger partial charge < -0.3 is 10.3 Å². The topological polar surface area (TPSA) is 43.8 Å². The normalized spacial score (nSPS) is 11.5. The lowest BCUT2D eigenvalue weighted by Gasteiger charge is -1.99. The van der Waals surface area contributed by atoms with Crippen molar-refractivity contribution in [3.63, 3.8) is 0 Å². The minimum Gasteiger partial charge on any atom is -0.326 e. The molecule has 0 aliphatic carbocycles. The van der Waals surface area contributed by atoms with Gasteiger partial charge in [-0.15, -0.1) is 11.3 Å². The van der Waals surface area contributed by atoms with E-state index in [4.69, 9.17) is 10.7 Å². The van der Waals surface area contributed by atoms with Crippen molar-refractivity contribution in [1.29, 1.82) is 0 Å². The van der Waals surface area contributed by atoms with Gasteiger partial charge in [-0.25, -0.2) is 4.98 Å². The fourth-order valence-electron chi connectivity index (χ4n) is 2.68. The Labute approximate surface area is 126 Å². The number of hydrogen-bond donors (Lipinski definition) is 1. The maximum Gasteiger partial charge on any atom is 0.151 e. The van der Waals surface area contributed by atoms with E-state index in [1.54, 1.807) is 11.3 Å². The number of nitrogens with zero attached hydrogens (tertiary/aromatic N) is 2. The first kappa shape index (κ1) is 12.6. The fraction of sp³-hybridized carbons (Fsp3) is 0.118. The molecule has 0 saturated carbocycles. The van der Waals surface area contributed by atoms with Crippen LogP contribution in [0, 0.1) is 0 Å². The van der Waals surface area contributed by atoms with Crippen molar-refractivity contribution in [2.24, 2.45) is 12.8 Å². The van der Waals surface area contributed by atoms with E-state index in [1.807, 2.05) is 0 Å². The molecule has 2 aromatic heterocycles. The molecular formula is C17H15N3S. The van der Waals surface area contributed by atoms with E-state index in [0.29, 0.717) is 6.54 Å². The van der Waals surface area contributed by atoms with Gasteiger partial charge >= 0.3 is 0 Å². The summed E-state index contributed by atoms with van der Waals surface area (Å²) in [5.74, 6) is 1.01. The largest absolute Gasteiger partial charge is 0.326 e. The molecule has 0 atom stereocenters. The third-order valence-electron chi connectivity index (χ3n) is 3.83. The Bertz CT molecular complexity index is 916. The van der Waals surface area contributed by atoms with Crippen LogP contribution >= 0.6 is 11.3 Å². The zero-order chi connectivity index (χ0) is 14.4. The van der Waals surface area contributed by atoms with Crippen LogP contribution in [0.5, 0.6) is 0 Å². The molecule has 4 heteroatoms. The van der Waals surface area contributed by atoms with Gasteiger partial charge in [-0.2, -0.15) is 0 Å². The molecular weight excluding hydrogens is 278 g/mol. The predicted octanol–water partition coefficient (Wildman–Crippen LogP) is 3.91. The Morgan fingerprint density at radius 1 is 1.14 bits per heavy atom. The summed E-state index contributed by atoms with van der Waals surface area (Å²) in [7, 11) is 2.07. The van der Waals surface area contributed by atoms with Crippen molar-refractivity contribution in [3.05, 3.63) is 54.1 Å². The molecule has 0 saturated heterocycles. The van der Waals surface area contributed by atoms with Crippen LogP contribution in [-0.4, -0.2) is 9.55 Å². The molecule has 21 heavy (non-hydrogen) atoms. The molecule has 0 spiro atoms. The van der Waals surface area contributed by atoms with Crippen LogP contribution in [-0.2, 0) is 13.6 Å². The molecule has 2 aromatic carbocycles. The highest BCUT2D eigenvalue weighted by molar-refractivity contribution is 7.22. The van der Waals surface area contributed by atoms with Crippen molar-refractivity contribution >= 4 is 32.5 Å². The van der Waals surface area contributed by atoms with Crippen molar-refractivity contribution in [3.8, 4) is 10.7 Å². The minimum absolute atomic E-state index is 0.546. The van der Waals surface area contributed by atoms with E-state index in [9.17, 15) is 0 Å². The maximum absolute atomic E-state index is 5.72. The number of nitrogens with two attached hydrogens (primary N) is 1. The molecule has 4 aromatic rings. The summed E-state index contributed by atoms with van der Waals surface area (Å²) in [5.41, 5.74) is 8.98. The summed E-state index contributed by atoms with van der Waals surface area (Å²) < 4.78 is 3.45. The summed E-state index contributed by atoms with van der Waals surface area (Å²) >= 11 is 1.78. The maximum atomic E-state index is 5.72. The molecule has 4 rings (SSSR count). The van der Waals surface area contributed by atoms with Gasteiger partial charge in [0.15, 0.2) is 5.82 Å². The average Bonchev–Trinajstić information content (AvgIpc) is 3.08. The standard InChI is InChI=1S/C17H15N3S/c1-20-14-7-6-11(10-18)8-13(14)19-17(20)16-9-12-4-2-3-5-15(12)21-16/h2-9H,10,18H2,1H3. The first-order chi connectivity index (χ1) is 10.3. The zero-order valence-corrected chi connectivity index (χ0v) is 12.5. The smallest absolute Gasteiger partial charge is 0.151 e. The molecule has 0 fully saturated rings. The summed E-state index contributed by atoms with van der Waals surface area (Å²) in [5, 5.41) is 1.27. The number of rotatable bonds is 2. The van der Waals surface area contributed by atoms with Gasteiger partial charge in [-0.1, -0.05) is 24.3 Å². The minimum atomic E-state index is 0.546. The number of benzene rings is 2. The second-order valence-corrected chi connectivity index (χ2v) is 6.25. The number of imidazole rings is 1. The SMILES string of the molecule is Cn1c(-c2cc3ccccc3s2)nc2cc(CN)ccc21. The van der Waals surface area contributed by atoms with Gasteiger partial charge in [-0.3, -0.25) is 0 Å². The Kier molecular flexibility index (Phi) is 2.80. The lowest BCUT2D eigenvalue weighted by Crippen LogP contribution is -1.95. The van der Waals surface area contributed by atoms with Crippen molar-refractivity contribution in [1.82, 2.24) is 9.55 Å². The number of thiophene rings is 1. The molecule has 0 unspecified atom stereocenters. The highest BCUT2D eigenvalue weighted by Gasteiger charge is 2.12. The van der Waals surface area contributed by atoms with E-state index in [-0.39, 0.29) is 0 Å². The van der Waals surface area contributed by atoms with Crippen molar-refractivity contribution in [2.75, 3.05) is 0 Å². The van der Waals surface area contributed by atoms with E-state index in [1.165, 1.54) is 15.0 Å². The summed E-state index contributed by atoms with van der Waals surface area (Å²) in [6.45, 7) is 0.546. The van der Waals surface area contributed by atoms with E-state index in [2.05, 4.69) is 60.1 Å². The average molecular weight is 293 g/mol. The molecule has 0 aliphatic heterocycles. The number of hydrogen-bond acceptors (Lipinski definition) is 3. The van der Waals surface area contributed by atoms with Crippen LogP contribution in [0.3, 0.4) is 0 Å². The Hall–Kier alpha value is -2.17. The Morgan fingerprint density at radius 3 is 2.81 bits per heavy atom. The highest BCUT2D eigenvalue weighted by atomic mass is 32.1. The van der Waals surface area contributed by atoms with Gasteiger partial charge in [-0.05, 0) is 35.2 Å².